The van der Waals surface area contributed by atoms with Gasteiger partial charge in [-0.3, -0.25) is 0 Å². The van der Waals surface area contributed by atoms with Crippen LogP contribution in [-0.2, 0) is 4.57 Å². The summed E-state index contributed by atoms with van der Waals surface area (Å²) in [5, 5.41) is 4.31. The van der Waals surface area contributed by atoms with E-state index in [1.807, 2.05) is 18.8 Å². The van der Waals surface area contributed by atoms with E-state index >= 15 is 0 Å². The zero-order chi connectivity index (χ0) is 11.9. The highest BCUT2D eigenvalue weighted by Crippen LogP contribution is 2.44. The van der Waals surface area contributed by atoms with Gasteiger partial charge in [0, 0.05) is 15.7 Å². The van der Waals surface area contributed by atoms with Gasteiger partial charge in [0.05, 0.1) is 5.69 Å². The third kappa shape index (κ3) is 1.99. The summed E-state index contributed by atoms with van der Waals surface area (Å²) in [7, 11) is -2.22. The maximum Gasteiger partial charge on any atom is 0.111 e. The molecule has 2 nitrogen and oxygen atoms in total. The van der Waals surface area contributed by atoms with Crippen molar-refractivity contribution in [3.63, 3.8) is 0 Å². The lowest BCUT2D eigenvalue weighted by Gasteiger charge is -2.19. The second kappa shape index (κ2) is 4.05. The topological polar surface area (TPSA) is 29.1 Å². The van der Waals surface area contributed by atoms with Crippen LogP contribution >= 0.6 is 18.5 Å². The lowest BCUT2D eigenvalue weighted by molar-refractivity contribution is 0.587. The van der Waals surface area contributed by atoms with Crippen LogP contribution in [0.15, 0.2) is 17.0 Å². The fraction of sp³-hybridized carbons (Fsp3) is 0.417. The second-order valence-corrected chi connectivity index (χ2v) is 8.92. The Hall–Kier alpha value is -0.530. The summed E-state index contributed by atoms with van der Waals surface area (Å²) in [5.74, 6) is 0.421. The second-order valence-electron chi connectivity index (χ2n) is 4.81. The molecule has 0 aromatic heterocycles. The van der Waals surface area contributed by atoms with Crippen LogP contribution in [-0.4, -0.2) is 18.8 Å². The molecule has 1 aliphatic rings. The van der Waals surface area contributed by atoms with Gasteiger partial charge in [-0.05, 0) is 30.9 Å². The van der Waals surface area contributed by atoms with E-state index in [9.17, 15) is 4.57 Å². The monoisotopic (exact) mass is 255 g/mol. The zero-order valence-corrected chi connectivity index (χ0v) is 11.9. The van der Waals surface area contributed by atoms with Crippen molar-refractivity contribution in [3.8, 4) is 0 Å². The van der Waals surface area contributed by atoms with Crippen LogP contribution < -0.4 is 10.6 Å². The smallest absolute Gasteiger partial charge is 0.111 e. The average Bonchev–Trinajstić information content (AvgIpc) is 2.61. The minimum atomic E-state index is -2.22. The maximum atomic E-state index is 12.5. The van der Waals surface area contributed by atoms with Crippen LogP contribution in [0.3, 0.4) is 0 Å². The van der Waals surface area contributed by atoms with Crippen molar-refractivity contribution in [2.45, 2.75) is 24.7 Å². The number of fused-ring (bicyclic) bond motifs is 1. The number of benzene rings is 1. The Kier molecular flexibility index (Phi) is 3.02. The molecule has 88 valence electrons. The van der Waals surface area contributed by atoms with Gasteiger partial charge in [0.1, 0.15) is 7.14 Å². The van der Waals surface area contributed by atoms with E-state index < -0.39 is 7.14 Å². The molecule has 1 aliphatic heterocycles. The molecule has 1 aromatic carbocycles. The molecule has 0 aliphatic carbocycles. The lowest BCUT2D eigenvalue weighted by Crippen LogP contribution is -2.14. The normalized spacial score (nSPS) is 14.6. The van der Waals surface area contributed by atoms with Gasteiger partial charge in [-0.15, -0.1) is 0 Å². The van der Waals surface area contributed by atoms with Gasteiger partial charge >= 0.3 is 0 Å². The van der Waals surface area contributed by atoms with Gasteiger partial charge in [-0.1, -0.05) is 19.9 Å². The molecule has 0 fully saturated rings. The first kappa shape index (κ1) is 11.9. The molecule has 4 heteroatoms. The third-order valence-corrected chi connectivity index (χ3v) is 5.47. The first-order valence-electron chi connectivity index (χ1n) is 5.43. The van der Waals surface area contributed by atoms with Crippen LogP contribution in [0.2, 0.25) is 0 Å². The van der Waals surface area contributed by atoms with Crippen molar-refractivity contribution in [1.29, 1.82) is 0 Å². The highest BCUT2D eigenvalue weighted by molar-refractivity contribution is 7.99. The average molecular weight is 255 g/mol. The summed E-state index contributed by atoms with van der Waals surface area (Å²) in [6.07, 6.45) is 0. The predicted molar refractivity (Wildman–Crippen MR) is 76.6 cm³/mol. The molecule has 0 saturated heterocycles. The fourth-order valence-electron chi connectivity index (χ4n) is 2.04. The van der Waals surface area contributed by atoms with Crippen molar-refractivity contribution in [1.82, 2.24) is 0 Å². The molecule has 2 rings (SSSR count). The molecule has 0 bridgehead atoms. The van der Waals surface area contributed by atoms with Crippen molar-refractivity contribution < 1.29 is 4.57 Å². The summed E-state index contributed by atoms with van der Waals surface area (Å²) in [6, 6.07) is 4.21. The quantitative estimate of drug-likeness (QED) is 0.483. The first-order valence-corrected chi connectivity index (χ1v) is 8.99. The highest BCUT2D eigenvalue weighted by atomic mass is 32.1. The molecule has 0 saturated carbocycles. The van der Waals surface area contributed by atoms with Crippen LogP contribution in [0.4, 0.5) is 5.69 Å². The minimum Gasteiger partial charge on any atom is -0.356 e. The molecule has 0 spiro atoms. The summed E-state index contributed by atoms with van der Waals surface area (Å²) >= 11 is 1.14. The van der Waals surface area contributed by atoms with E-state index in [2.05, 4.69) is 31.3 Å². The van der Waals surface area contributed by atoms with Gasteiger partial charge in [0.25, 0.3) is 0 Å². The van der Waals surface area contributed by atoms with Crippen molar-refractivity contribution in [3.05, 3.63) is 17.7 Å². The van der Waals surface area contributed by atoms with E-state index in [1.165, 1.54) is 10.5 Å². The number of anilines is 1. The van der Waals surface area contributed by atoms with E-state index in [-0.39, 0.29) is 0 Å². The number of hydrogen-bond acceptors (Lipinski definition) is 2. The predicted octanol–water partition coefficient (Wildman–Crippen LogP) is 3.07. The van der Waals surface area contributed by atoms with Crippen molar-refractivity contribution >= 4 is 35.0 Å². The standard InChI is InChI=1S/C12H18NOPS/c1-8(2)9-5-6-10-12(16-7-13-10)11(9)15(3,4)14/h5-8,13,16H,1-4H3. The number of nitrogens with one attached hydrogen (secondary N) is 1. The van der Waals surface area contributed by atoms with Crippen LogP contribution in [0.5, 0.6) is 0 Å². The molecular formula is C12H18NOPS. The Morgan fingerprint density at radius 2 is 2.00 bits per heavy atom. The Morgan fingerprint density at radius 3 is 2.56 bits per heavy atom. The van der Waals surface area contributed by atoms with E-state index in [1.54, 1.807) is 0 Å². The van der Waals surface area contributed by atoms with Gasteiger partial charge in [0.15, 0.2) is 0 Å². The Morgan fingerprint density at radius 1 is 1.31 bits per heavy atom. The molecular weight excluding hydrogens is 237 g/mol. The van der Waals surface area contributed by atoms with Crippen molar-refractivity contribution in [2.24, 2.45) is 0 Å². The maximum absolute atomic E-state index is 12.5. The molecule has 16 heavy (non-hydrogen) atoms. The fourth-order valence-corrected chi connectivity index (χ4v) is 5.38. The summed E-state index contributed by atoms with van der Waals surface area (Å²) in [5.41, 5.74) is 4.36. The van der Waals surface area contributed by atoms with E-state index in [0.29, 0.717) is 5.92 Å². The molecule has 1 aromatic rings. The molecule has 0 radical (unpaired) electrons. The van der Waals surface area contributed by atoms with Crippen LogP contribution in [0, 0.1) is 0 Å². The Balaban J connectivity index is 2.75. The minimum absolute atomic E-state index is 0.421. The lowest BCUT2D eigenvalue weighted by atomic mass is 10.0. The van der Waals surface area contributed by atoms with Crippen LogP contribution in [0.25, 0.3) is 0 Å². The summed E-state index contributed by atoms with van der Waals surface area (Å²) < 4.78 is 12.5. The zero-order valence-electron chi connectivity index (χ0n) is 10.1. The van der Waals surface area contributed by atoms with Crippen molar-refractivity contribution in [2.75, 3.05) is 18.6 Å². The van der Waals surface area contributed by atoms with E-state index in [0.717, 1.165) is 22.3 Å². The molecule has 1 N–H and O–H groups in total. The Bertz CT molecular complexity index is 502. The molecule has 0 unspecified atom stereocenters. The SMILES string of the molecule is CC(C)c1ccc2c(c1P(C)(C)=O)[SH]=CN2. The number of rotatable bonds is 2. The van der Waals surface area contributed by atoms with Gasteiger partial charge < -0.3 is 9.88 Å². The van der Waals surface area contributed by atoms with E-state index in [4.69, 9.17) is 0 Å². The van der Waals surface area contributed by atoms with Crippen LogP contribution in [0.1, 0.15) is 25.3 Å². The van der Waals surface area contributed by atoms with Gasteiger partial charge in [-0.2, -0.15) is 11.4 Å². The number of hydrogen-bond donors (Lipinski definition) is 2. The molecule has 1 heterocycles. The largest absolute Gasteiger partial charge is 0.356 e. The summed E-state index contributed by atoms with van der Waals surface area (Å²) in [6.45, 7) is 8.04. The molecule has 0 atom stereocenters. The first-order chi connectivity index (χ1) is 7.41. The molecule has 0 amide bonds. The number of thiol groups is 1. The van der Waals surface area contributed by atoms with Gasteiger partial charge in [-0.25, -0.2) is 0 Å². The summed E-state index contributed by atoms with van der Waals surface area (Å²) in [4.78, 5) is 1.21. The van der Waals surface area contributed by atoms with Gasteiger partial charge in [0.2, 0.25) is 0 Å². The third-order valence-electron chi connectivity index (χ3n) is 2.76. The Labute approximate surface area is 101 Å². The highest BCUT2D eigenvalue weighted by Gasteiger charge is 2.24.